The molecule has 5 aliphatic heterocycles. The smallest absolute Gasteiger partial charge is 0.336 e. The van der Waals surface area contributed by atoms with Gasteiger partial charge in [0, 0.05) is 74.8 Å². The number of hydrogen-bond acceptors (Lipinski definition) is 39. The zero-order valence-electron chi connectivity index (χ0n) is 61.5. The number of aliphatic hydroxyl groups excluding tert-OH is 17. The molecule has 0 aliphatic carbocycles. The van der Waals surface area contributed by atoms with Gasteiger partial charge < -0.3 is 162 Å². The summed E-state index contributed by atoms with van der Waals surface area (Å²) in [6.45, 7) is 3.39. The van der Waals surface area contributed by atoms with Crippen molar-refractivity contribution in [3.8, 4) is 28.7 Å². The van der Waals surface area contributed by atoms with Crippen molar-refractivity contribution in [2.45, 2.75) is 168 Å². The molecule has 630 valence electrons. The monoisotopic (exact) mass is 1660 g/mol. The summed E-state index contributed by atoms with van der Waals surface area (Å²) in [5, 5.41) is 190. The van der Waals surface area contributed by atoms with Crippen molar-refractivity contribution < 1.29 is 167 Å². The fourth-order valence-electron chi connectivity index (χ4n) is 12.6. The first kappa shape index (κ1) is 87.9. The molecule has 117 heavy (non-hydrogen) atoms. The number of phenols is 1. The van der Waals surface area contributed by atoms with Crippen molar-refractivity contribution in [3.63, 3.8) is 0 Å². The van der Waals surface area contributed by atoms with Gasteiger partial charge in [-0.25, -0.2) is 24.0 Å². The molecule has 5 aromatic carbocycles. The number of carboxylic acids is 1. The van der Waals surface area contributed by atoms with Crippen LogP contribution < -0.4 is 46.2 Å². The van der Waals surface area contributed by atoms with E-state index in [9.17, 15) is 116 Å². The number of rotatable bonds is 14. The molecule has 0 bridgehead atoms. The predicted molar refractivity (Wildman–Crippen MR) is 399 cm³/mol. The molecule has 10 aromatic rings. The lowest BCUT2D eigenvalue weighted by Crippen LogP contribution is -2.62. The van der Waals surface area contributed by atoms with Crippen molar-refractivity contribution in [2.24, 2.45) is 0 Å². The lowest BCUT2D eigenvalue weighted by Gasteiger charge is -2.42. The van der Waals surface area contributed by atoms with Crippen LogP contribution in [0.25, 0.3) is 54.0 Å². The van der Waals surface area contributed by atoms with Gasteiger partial charge in [-0.15, -0.1) is 0 Å². The first-order valence-electron chi connectivity index (χ1n) is 35.7. The van der Waals surface area contributed by atoms with Gasteiger partial charge in [0.2, 0.25) is 29.9 Å². The highest BCUT2D eigenvalue weighted by Crippen LogP contribution is 2.36. The third kappa shape index (κ3) is 20.6. The summed E-state index contributed by atoms with van der Waals surface area (Å²) in [4.78, 5) is 67.7. The second kappa shape index (κ2) is 38.2. The number of benzene rings is 5. The number of aryl methyl sites for hydroxylation is 3. The van der Waals surface area contributed by atoms with Crippen LogP contribution in [0.1, 0.15) is 16.7 Å². The minimum absolute atomic E-state index is 0.0966. The second-order valence-electron chi connectivity index (χ2n) is 27.3. The van der Waals surface area contributed by atoms with Crippen LogP contribution in [-0.4, -0.2) is 277 Å². The second-order valence-corrected chi connectivity index (χ2v) is 28.4. The van der Waals surface area contributed by atoms with Crippen LogP contribution in [0.3, 0.4) is 0 Å². The Hall–Kier alpha value is -9.88. The van der Waals surface area contributed by atoms with Crippen LogP contribution in [0.15, 0.2) is 175 Å². The van der Waals surface area contributed by atoms with Crippen LogP contribution in [0.2, 0.25) is 0 Å². The first-order valence-corrected chi connectivity index (χ1v) is 36.5. The highest BCUT2D eigenvalue weighted by atomic mass is 32.1. The number of aromatic hydroxyl groups is 1. The van der Waals surface area contributed by atoms with Crippen LogP contribution >= 0.6 is 11.3 Å². The largest absolute Gasteiger partial charge is 0.504 e. The van der Waals surface area contributed by atoms with Crippen LogP contribution in [0.5, 0.6) is 28.7 Å². The number of aliphatic carboxylic acids is 1. The molecule has 39 nitrogen and oxygen atoms in total. The quantitative estimate of drug-likeness (QED) is 0.0494. The average Bonchev–Trinajstić information content (AvgIpc) is 0.745. The highest BCUT2D eigenvalue weighted by Gasteiger charge is 2.51. The minimum Gasteiger partial charge on any atom is -0.504 e. The number of carboxylic acid groups (broad SMARTS) is 1. The Balaban J connectivity index is 0.000000148. The topological polar surface area (TPSA) is 632 Å². The molecule has 5 aliphatic rings. The summed E-state index contributed by atoms with van der Waals surface area (Å²) in [5.74, 6) is -1.40. The number of ether oxygens (including phenoxy) is 10. The molecule has 21 unspecified atom stereocenters. The molecule has 5 saturated heterocycles. The van der Waals surface area contributed by atoms with Gasteiger partial charge in [-0.3, -0.25) is 4.79 Å². The van der Waals surface area contributed by atoms with E-state index in [1.54, 1.807) is 57.2 Å². The van der Waals surface area contributed by atoms with Crippen LogP contribution in [0.4, 0.5) is 0 Å². The summed E-state index contributed by atoms with van der Waals surface area (Å²) in [6.07, 6.45) is -36.1. The molecule has 0 saturated carbocycles. The van der Waals surface area contributed by atoms with E-state index < -0.39 is 196 Å². The minimum atomic E-state index is -1.80. The van der Waals surface area contributed by atoms with Gasteiger partial charge in [0.1, 0.15) is 149 Å². The molecular weight excluding hydrogens is 1580 g/mol. The molecule has 40 heteroatoms. The standard InChI is InChI=1S/C22H28O13.C16H16O9.C15H16O9.C15H16O7.C9H6OS/c1-8-4-14(24)33-11-5-9(2-3-10(8)11)32-22-20(30)18(28)16(26)13(35-22)7-31-21-19(29)17(27)15(25)12(6-23)34-21;1-6-4-10(17)24-9-5-7(2-3-8(6)9)23-16-13(20)11(18)12(19)14(25-16)15(21)22;16-5-10-12(19)13(20)14(21)15(24-10)23-9-3-6-1-2-11(18)22-8(6)4-7(9)17;1-7-4-12(17)22-11-5-8(2-3-9(7)11)21-15-14(19)13(18)10(16)6-20-15;10-9-6-5-7-3-1-2-4-8(7)11-9/h2-5,12-13,15-23,25-30H,6-7H2,1H3;2-5,11-14,16,18-20H,1H3,(H,21,22);1-4,10,12-17,19-21H,5H2;2-5,10,13-16,18-19H,6H2,1H3;1-6H/t;;;10-,13+,14?,15+;/m...1./s1. The number of carbonyl (C=O) groups is 1. The van der Waals surface area contributed by atoms with Gasteiger partial charge in [0.05, 0.1) is 26.4 Å². The fourth-order valence-corrected chi connectivity index (χ4v) is 13.3. The Morgan fingerprint density at radius 1 is 0.402 bits per heavy atom. The Bertz CT molecular complexity index is 5400. The molecule has 5 fully saturated rings. The Morgan fingerprint density at radius 2 is 0.821 bits per heavy atom. The van der Waals surface area contributed by atoms with E-state index in [1.165, 1.54) is 72.0 Å². The average molecular weight is 1660 g/mol. The van der Waals surface area contributed by atoms with E-state index in [0.717, 1.165) is 27.1 Å². The number of phenolic OH excluding ortho intramolecular Hbond substituents is 1. The summed E-state index contributed by atoms with van der Waals surface area (Å²) >= 11 is 1.29. The van der Waals surface area contributed by atoms with E-state index in [-0.39, 0.29) is 51.1 Å². The highest BCUT2D eigenvalue weighted by molar-refractivity contribution is 7.16. The first-order chi connectivity index (χ1) is 55.6. The van der Waals surface area contributed by atoms with Gasteiger partial charge in [0.15, 0.2) is 23.9 Å². The van der Waals surface area contributed by atoms with Crippen LogP contribution in [0, 0.1) is 20.8 Å². The van der Waals surface area contributed by atoms with Gasteiger partial charge >= 0.3 is 28.5 Å². The molecule has 10 heterocycles. The maximum Gasteiger partial charge on any atom is 0.336 e. The fraction of sp³-hybridized carbons (Fsp3) is 0.403. The SMILES string of the molecule is Cc1cc(=O)oc2cc(OC3OC(C(=O)O)C(O)C(O)C3O)ccc12.Cc1cc(=O)oc2cc(OC3OC(COC4OC(CO)C(O)C(O)C4O)C(O)C(O)C3O)ccc12.Cc1cc(=O)oc2cc(O[C@@H]3OC[C@@H](O)[C@H](O)C3O)ccc12.O=c1ccc2cc(OC3OC(CO)C(O)C(O)C3O)c(O)cc2o1.O=c1ccc2ccccc2s1. The maximum absolute atomic E-state index is 11.7. The van der Waals surface area contributed by atoms with Crippen molar-refractivity contribution in [3.05, 3.63) is 201 Å². The van der Waals surface area contributed by atoms with Gasteiger partial charge in [-0.05, 0) is 110 Å². The molecule has 19 N–H and O–H groups in total. The zero-order valence-corrected chi connectivity index (χ0v) is 62.3. The molecule has 15 rings (SSSR count). The Morgan fingerprint density at radius 3 is 1.32 bits per heavy atom. The third-order valence-corrected chi connectivity index (χ3v) is 20.0. The molecule has 5 aromatic heterocycles. The normalized spacial score (nSPS) is 30.3. The molecular formula is C77H82O39S. The Labute approximate surface area is 660 Å². The lowest BCUT2D eigenvalue weighted by atomic mass is 9.98. The predicted octanol–water partition coefficient (Wildman–Crippen LogP) is -2.67. The zero-order chi connectivity index (χ0) is 84.7. The summed E-state index contributed by atoms with van der Waals surface area (Å²) < 4.78 is 74.9. The Kier molecular flexibility index (Phi) is 28.7. The third-order valence-electron chi connectivity index (χ3n) is 19.1. The molecule has 0 amide bonds. The van der Waals surface area contributed by atoms with E-state index in [2.05, 4.69) is 0 Å². The van der Waals surface area contributed by atoms with E-state index in [4.69, 9.17) is 75.3 Å². The summed E-state index contributed by atoms with van der Waals surface area (Å²) in [6, 6.07) is 34.6. The van der Waals surface area contributed by atoms with E-state index >= 15 is 0 Å². The van der Waals surface area contributed by atoms with Crippen molar-refractivity contribution in [1.29, 1.82) is 0 Å². The number of fused-ring (bicyclic) bond motifs is 5. The molecule has 0 radical (unpaired) electrons. The van der Waals surface area contributed by atoms with Gasteiger partial charge in [-0.2, -0.15) is 0 Å². The van der Waals surface area contributed by atoms with Gasteiger partial charge in [0.25, 0.3) is 0 Å². The van der Waals surface area contributed by atoms with E-state index in [1.807, 2.05) is 30.3 Å². The molecule has 24 atom stereocenters. The van der Waals surface area contributed by atoms with E-state index in [0.29, 0.717) is 38.6 Å². The van der Waals surface area contributed by atoms with Crippen molar-refractivity contribution in [2.75, 3.05) is 26.4 Å². The van der Waals surface area contributed by atoms with Crippen molar-refractivity contribution >= 4 is 71.3 Å². The van der Waals surface area contributed by atoms with Gasteiger partial charge in [-0.1, -0.05) is 29.5 Å². The van der Waals surface area contributed by atoms with Crippen LogP contribution in [-0.2, 0) is 33.2 Å². The number of aliphatic hydroxyl groups is 17. The number of hydrogen-bond donors (Lipinski definition) is 19. The van der Waals surface area contributed by atoms with Crippen molar-refractivity contribution in [1.82, 2.24) is 0 Å². The lowest BCUT2D eigenvalue weighted by molar-refractivity contribution is -0.323. The summed E-state index contributed by atoms with van der Waals surface area (Å²) in [7, 11) is 0. The summed E-state index contributed by atoms with van der Waals surface area (Å²) in [5.41, 5.74) is 1.02. The maximum atomic E-state index is 11.7. The molecule has 0 spiro atoms.